The summed E-state index contributed by atoms with van der Waals surface area (Å²) in [5.41, 5.74) is 1.05. The highest BCUT2D eigenvalue weighted by Crippen LogP contribution is 2.16. The van der Waals surface area contributed by atoms with Crippen LogP contribution in [0, 0.1) is 12.8 Å². The fourth-order valence-corrected chi connectivity index (χ4v) is 1.17. The molecule has 1 aromatic rings. The van der Waals surface area contributed by atoms with E-state index >= 15 is 0 Å². The second kappa shape index (κ2) is 4.55. The quantitative estimate of drug-likeness (QED) is 0.827. The van der Waals surface area contributed by atoms with E-state index in [0.29, 0.717) is 5.82 Å². The number of hydrogen-bond acceptors (Lipinski definition) is 2. The van der Waals surface area contributed by atoms with E-state index in [-0.39, 0.29) is 11.8 Å². The van der Waals surface area contributed by atoms with Gasteiger partial charge in [-0.1, -0.05) is 19.9 Å². The Morgan fingerprint density at radius 3 is 2.64 bits per heavy atom. The average molecular weight is 257 g/mol. The lowest BCUT2D eigenvalue weighted by Crippen LogP contribution is -2.18. The first-order valence-electron chi connectivity index (χ1n) is 4.44. The lowest BCUT2D eigenvalue weighted by atomic mass is 10.2. The number of hydrogen-bond donors (Lipinski definition) is 1. The predicted molar refractivity (Wildman–Crippen MR) is 60.1 cm³/mol. The zero-order chi connectivity index (χ0) is 10.7. The molecule has 14 heavy (non-hydrogen) atoms. The highest BCUT2D eigenvalue weighted by molar-refractivity contribution is 9.10. The van der Waals surface area contributed by atoms with Crippen LogP contribution in [0.1, 0.15) is 19.4 Å². The molecule has 1 aromatic heterocycles. The van der Waals surface area contributed by atoms with Gasteiger partial charge in [0.25, 0.3) is 0 Å². The maximum atomic E-state index is 11.3. The highest BCUT2D eigenvalue weighted by atomic mass is 79.9. The molecule has 0 aromatic carbocycles. The maximum absolute atomic E-state index is 11.3. The topological polar surface area (TPSA) is 42.0 Å². The summed E-state index contributed by atoms with van der Waals surface area (Å²) in [6, 6.07) is 3.70. The standard InChI is InChI=1S/C10H13BrN2O/c1-6(2)10(14)13-8-5-4-7(3)9(11)12-8/h4-6H,1-3H3,(H,12,13,14). The number of rotatable bonds is 2. The van der Waals surface area contributed by atoms with Gasteiger partial charge in [-0.15, -0.1) is 0 Å². The minimum absolute atomic E-state index is 0.0201. The molecule has 0 atom stereocenters. The number of carbonyl (C=O) groups excluding carboxylic acids is 1. The van der Waals surface area contributed by atoms with Crippen molar-refractivity contribution < 1.29 is 4.79 Å². The van der Waals surface area contributed by atoms with Crippen LogP contribution >= 0.6 is 15.9 Å². The minimum Gasteiger partial charge on any atom is -0.310 e. The maximum Gasteiger partial charge on any atom is 0.228 e. The van der Waals surface area contributed by atoms with Crippen LogP contribution in [0.25, 0.3) is 0 Å². The zero-order valence-corrected chi connectivity index (χ0v) is 10.1. The fraction of sp³-hybridized carbons (Fsp3) is 0.400. The molecule has 0 bridgehead atoms. The molecular weight excluding hydrogens is 244 g/mol. The molecule has 1 heterocycles. The summed E-state index contributed by atoms with van der Waals surface area (Å²) in [6.45, 7) is 5.64. The van der Waals surface area contributed by atoms with E-state index in [4.69, 9.17) is 0 Å². The van der Waals surface area contributed by atoms with Crippen molar-refractivity contribution in [1.82, 2.24) is 4.98 Å². The molecule has 76 valence electrons. The van der Waals surface area contributed by atoms with Crippen molar-refractivity contribution >= 4 is 27.7 Å². The van der Waals surface area contributed by atoms with Gasteiger partial charge in [0.05, 0.1) is 0 Å². The monoisotopic (exact) mass is 256 g/mol. The van der Waals surface area contributed by atoms with Crippen molar-refractivity contribution in [3.8, 4) is 0 Å². The molecule has 0 aliphatic heterocycles. The Hall–Kier alpha value is -0.900. The number of aryl methyl sites for hydroxylation is 1. The normalized spacial score (nSPS) is 10.4. The first-order valence-corrected chi connectivity index (χ1v) is 5.24. The molecule has 0 radical (unpaired) electrons. The molecule has 3 nitrogen and oxygen atoms in total. The SMILES string of the molecule is Cc1ccc(NC(=O)C(C)C)nc1Br. The zero-order valence-electron chi connectivity index (χ0n) is 8.47. The molecule has 0 spiro atoms. The van der Waals surface area contributed by atoms with Gasteiger partial charge in [0.15, 0.2) is 0 Å². The molecule has 0 unspecified atom stereocenters. The molecule has 4 heteroatoms. The Morgan fingerprint density at radius 2 is 2.14 bits per heavy atom. The molecule has 1 amide bonds. The molecule has 0 aliphatic rings. The Morgan fingerprint density at radius 1 is 1.50 bits per heavy atom. The molecule has 0 saturated heterocycles. The number of halogens is 1. The number of anilines is 1. The molecule has 0 fully saturated rings. The third-order valence-electron chi connectivity index (χ3n) is 1.81. The van der Waals surface area contributed by atoms with Crippen molar-refractivity contribution in [2.45, 2.75) is 20.8 Å². The minimum atomic E-state index is -0.0307. The van der Waals surface area contributed by atoms with Gasteiger partial charge in [-0.25, -0.2) is 4.98 Å². The van der Waals surface area contributed by atoms with Crippen LogP contribution in [0.15, 0.2) is 16.7 Å². The summed E-state index contributed by atoms with van der Waals surface area (Å²) in [7, 11) is 0. The first kappa shape index (κ1) is 11.2. The molecular formula is C10H13BrN2O. The predicted octanol–water partition coefficient (Wildman–Crippen LogP) is 2.75. The number of aromatic nitrogens is 1. The summed E-state index contributed by atoms with van der Waals surface area (Å²) < 4.78 is 0.763. The van der Waals surface area contributed by atoms with Crippen LogP contribution in [-0.4, -0.2) is 10.9 Å². The number of nitrogens with zero attached hydrogens (tertiary/aromatic N) is 1. The number of amides is 1. The van der Waals surface area contributed by atoms with E-state index in [1.807, 2.05) is 26.8 Å². The summed E-state index contributed by atoms with van der Waals surface area (Å²) in [4.78, 5) is 15.5. The second-order valence-corrected chi connectivity index (χ2v) is 4.20. The third kappa shape index (κ3) is 2.80. The molecule has 1 N–H and O–H groups in total. The average Bonchev–Trinajstić information content (AvgIpc) is 2.11. The van der Waals surface area contributed by atoms with Gasteiger partial charge in [-0.05, 0) is 34.5 Å². The second-order valence-electron chi connectivity index (χ2n) is 3.45. The van der Waals surface area contributed by atoms with E-state index in [2.05, 4.69) is 26.2 Å². The summed E-state index contributed by atoms with van der Waals surface area (Å²) in [5, 5.41) is 2.73. The van der Waals surface area contributed by atoms with Gasteiger partial charge in [-0.3, -0.25) is 4.79 Å². The van der Waals surface area contributed by atoms with Crippen LogP contribution in [0.4, 0.5) is 5.82 Å². The summed E-state index contributed by atoms with van der Waals surface area (Å²) in [6.07, 6.45) is 0. The third-order valence-corrected chi connectivity index (χ3v) is 2.61. The van der Waals surface area contributed by atoms with Crippen LogP contribution < -0.4 is 5.32 Å². The van der Waals surface area contributed by atoms with Crippen LogP contribution in [0.2, 0.25) is 0 Å². The Bertz CT molecular complexity index is 350. The number of nitrogens with one attached hydrogen (secondary N) is 1. The van der Waals surface area contributed by atoms with E-state index in [1.165, 1.54) is 0 Å². The lowest BCUT2D eigenvalue weighted by molar-refractivity contribution is -0.118. The van der Waals surface area contributed by atoms with Gasteiger partial charge < -0.3 is 5.32 Å². The summed E-state index contributed by atoms with van der Waals surface area (Å²) >= 11 is 3.31. The largest absolute Gasteiger partial charge is 0.310 e. The highest BCUT2D eigenvalue weighted by Gasteiger charge is 2.08. The number of pyridine rings is 1. The van der Waals surface area contributed by atoms with Gasteiger partial charge in [0.2, 0.25) is 5.91 Å². The Kier molecular flexibility index (Phi) is 3.63. The van der Waals surface area contributed by atoms with E-state index in [9.17, 15) is 4.79 Å². The Balaban J connectivity index is 2.78. The lowest BCUT2D eigenvalue weighted by Gasteiger charge is -2.07. The van der Waals surface area contributed by atoms with Gasteiger partial charge in [0.1, 0.15) is 10.4 Å². The molecule has 0 aliphatic carbocycles. The van der Waals surface area contributed by atoms with Crippen LogP contribution in [-0.2, 0) is 4.79 Å². The van der Waals surface area contributed by atoms with Crippen LogP contribution in [0.3, 0.4) is 0 Å². The number of carbonyl (C=O) groups is 1. The van der Waals surface area contributed by atoms with Crippen molar-refractivity contribution in [1.29, 1.82) is 0 Å². The van der Waals surface area contributed by atoms with E-state index in [0.717, 1.165) is 10.2 Å². The summed E-state index contributed by atoms with van der Waals surface area (Å²) in [5.74, 6) is 0.534. The van der Waals surface area contributed by atoms with Gasteiger partial charge in [-0.2, -0.15) is 0 Å². The van der Waals surface area contributed by atoms with Crippen LogP contribution in [0.5, 0.6) is 0 Å². The van der Waals surface area contributed by atoms with Gasteiger partial charge in [0, 0.05) is 5.92 Å². The first-order chi connectivity index (χ1) is 6.50. The van der Waals surface area contributed by atoms with Crippen molar-refractivity contribution in [3.05, 3.63) is 22.3 Å². The Labute approximate surface area is 92.1 Å². The smallest absolute Gasteiger partial charge is 0.228 e. The van der Waals surface area contributed by atoms with Crippen molar-refractivity contribution in [3.63, 3.8) is 0 Å². The van der Waals surface area contributed by atoms with Crippen molar-refractivity contribution in [2.75, 3.05) is 5.32 Å². The van der Waals surface area contributed by atoms with Gasteiger partial charge >= 0.3 is 0 Å². The fourth-order valence-electron chi connectivity index (χ4n) is 0.844. The molecule has 0 saturated carbocycles. The molecule has 1 rings (SSSR count). The van der Waals surface area contributed by atoms with E-state index < -0.39 is 0 Å². The van der Waals surface area contributed by atoms with Crippen molar-refractivity contribution in [2.24, 2.45) is 5.92 Å². The van der Waals surface area contributed by atoms with E-state index in [1.54, 1.807) is 6.07 Å².